The predicted octanol–water partition coefficient (Wildman–Crippen LogP) is 3.49. The number of hydrogen-bond acceptors (Lipinski definition) is 2. The normalized spacial score (nSPS) is 10.7. The van der Waals surface area contributed by atoms with Crippen molar-refractivity contribution < 1.29 is 0 Å². The maximum atomic E-state index is 5.77. The number of nitrogens with zero attached hydrogens (tertiary/aromatic N) is 2. The molecule has 3 heteroatoms. The summed E-state index contributed by atoms with van der Waals surface area (Å²) in [5.74, 6) is 0. The predicted molar refractivity (Wildman–Crippen MR) is 62.9 cm³/mol. The van der Waals surface area contributed by atoms with E-state index < -0.39 is 0 Å². The van der Waals surface area contributed by atoms with Gasteiger partial charge in [-0.05, 0) is 30.3 Å². The topological polar surface area (TPSA) is 25.2 Å². The lowest BCUT2D eigenvalue weighted by Crippen LogP contribution is -1.80. The Morgan fingerprint density at radius 2 is 1.93 bits per heavy atom. The first-order chi connectivity index (χ1) is 7.34. The highest BCUT2D eigenvalue weighted by Crippen LogP contribution is 2.15. The van der Waals surface area contributed by atoms with Crippen LogP contribution in [0.3, 0.4) is 0 Å². The maximum absolute atomic E-state index is 5.77. The van der Waals surface area contributed by atoms with Crippen LogP contribution < -0.4 is 0 Å². The third kappa shape index (κ3) is 2.89. The summed E-state index contributed by atoms with van der Waals surface area (Å²) in [4.78, 5) is 8.29. The van der Waals surface area contributed by atoms with Gasteiger partial charge in [0.1, 0.15) is 0 Å². The van der Waals surface area contributed by atoms with E-state index in [0.29, 0.717) is 0 Å². The number of pyridine rings is 1. The second-order valence-electron chi connectivity index (χ2n) is 3.02. The van der Waals surface area contributed by atoms with Gasteiger partial charge in [-0.15, -0.1) is 0 Å². The summed E-state index contributed by atoms with van der Waals surface area (Å²) in [7, 11) is 0. The second-order valence-corrected chi connectivity index (χ2v) is 3.46. The minimum absolute atomic E-state index is 0.718. The van der Waals surface area contributed by atoms with Gasteiger partial charge >= 0.3 is 0 Å². The van der Waals surface area contributed by atoms with Crippen LogP contribution >= 0.6 is 11.6 Å². The van der Waals surface area contributed by atoms with Gasteiger partial charge in [0.25, 0.3) is 0 Å². The van der Waals surface area contributed by atoms with Crippen LogP contribution in [0.2, 0.25) is 5.02 Å². The Labute approximate surface area is 93.3 Å². The molecule has 0 unspecified atom stereocenters. The third-order valence-corrected chi connectivity index (χ3v) is 2.13. The van der Waals surface area contributed by atoms with Crippen LogP contribution in [0.25, 0.3) is 0 Å². The highest BCUT2D eigenvalue weighted by atomic mass is 35.5. The molecular formula is C12H9ClN2. The van der Waals surface area contributed by atoms with E-state index in [-0.39, 0.29) is 0 Å². The molecule has 0 aliphatic heterocycles. The van der Waals surface area contributed by atoms with Crippen LogP contribution in [0.15, 0.2) is 53.8 Å². The minimum Gasteiger partial charge on any atom is -0.264 e. The molecule has 0 amide bonds. The smallest absolute Gasteiger partial charge is 0.0630 e. The minimum atomic E-state index is 0.718. The van der Waals surface area contributed by atoms with Crippen LogP contribution in [0.5, 0.6) is 0 Å². The number of hydrogen-bond donors (Lipinski definition) is 0. The molecule has 15 heavy (non-hydrogen) atoms. The van der Waals surface area contributed by atoms with Gasteiger partial charge in [0, 0.05) is 29.2 Å². The van der Waals surface area contributed by atoms with Crippen LogP contribution in [-0.4, -0.2) is 11.2 Å². The standard InChI is InChI=1S/C12H9ClN2/c13-11-3-5-12(6-4-11)15-9-10-2-1-7-14-8-10/h1-9H/b15-9+. The SMILES string of the molecule is Clc1ccc(/N=C/c2cccnc2)cc1. The summed E-state index contributed by atoms with van der Waals surface area (Å²) in [6.07, 6.45) is 5.27. The Balaban J connectivity index is 2.15. The average Bonchev–Trinajstić information content (AvgIpc) is 2.30. The highest BCUT2D eigenvalue weighted by molar-refractivity contribution is 6.30. The van der Waals surface area contributed by atoms with Crippen molar-refractivity contribution in [1.82, 2.24) is 4.98 Å². The lowest BCUT2D eigenvalue weighted by atomic mass is 10.3. The van der Waals surface area contributed by atoms with Crippen molar-refractivity contribution in [3.05, 3.63) is 59.4 Å². The molecule has 0 aliphatic rings. The Bertz CT molecular complexity index is 449. The van der Waals surface area contributed by atoms with E-state index in [4.69, 9.17) is 11.6 Å². The number of aromatic nitrogens is 1. The monoisotopic (exact) mass is 216 g/mol. The van der Waals surface area contributed by atoms with Crippen LogP contribution in [0.4, 0.5) is 5.69 Å². The summed E-state index contributed by atoms with van der Waals surface area (Å²) in [6.45, 7) is 0. The summed E-state index contributed by atoms with van der Waals surface area (Å²) in [5, 5.41) is 0.718. The van der Waals surface area contributed by atoms with E-state index in [0.717, 1.165) is 16.3 Å². The molecule has 2 nitrogen and oxygen atoms in total. The average molecular weight is 217 g/mol. The molecule has 0 radical (unpaired) electrons. The molecule has 0 N–H and O–H groups in total. The zero-order valence-corrected chi connectivity index (χ0v) is 8.72. The third-order valence-electron chi connectivity index (χ3n) is 1.87. The van der Waals surface area contributed by atoms with E-state index in [9.17, 15) is 0 Å². The first-order valence-electron chi connectivity index (χ1n) is 4.54. The van der Waals surface area contributed by atoms with Crippen molar-refractivity contribution in [2.24, 2.45) is 4.99 Å². The van der Waals surface area contributed by atoms with Gasteiger partial charge in [-0.2, -0.15) is 0 Å². The Morgan fingerprint density at radius 1 is 1.13 bits per heavy atom. The first kappa shape index (κ1) is 9.87. The van der Waals surface area contributed by atoms with E-state index in [1.165, 1.54) is 0 Å². The summed E-state index contributed by atoms with van der Waals surface area (Å²) in [6, 6.07) is 11.2. The molecule has 0 bridgehead atoms. The largest absolute Gasteiger partial charge is 0.264 e. The molecule has 2 rings (SSSR count). The lowest BCUT2D eigenvalue weighted by Gasteiger charge is -1.93. The van der Waals surface area contributed by atoms with Gasteiger partial charge in [-0.3, -0.25) is 9.98 Å². The van der Waals surface area contributed by atoms with Crippen molar-refractivity contribution in [2.45, 2.75) is 0 Å². The van der Waals surface area contributed by atoms with E-state index >= 15 is 0 Å². The van der Waals surface area contributed by atoms with Crippen LogP contribution in [0.1, 0.15) is 5.56 Å². The van der Waals surface area contributed by atoms with Gasteiger partial charge in [-0.1, -0.05) is 17.7 Å². The molecule has 0 fully saturated rings. The second kappa shape index (κ2) is 4.71. The highest BCUT2D eigenvalue weighted by Gasteiger charge is 1.89. The quantitative estimate of drug-likeness (QED) is 0.706. The molecule has 0 atom stereocenters. The van der Waals surface area contributed by atoms with Gasteiger partial charge in [-0.25, -0.2) is 0 Å². The molecule has 1 heterocycles. The van der Waals surface area contributed by atoms with Gasteiger partial charge in [0.2, 0.25) is 0 Å². The fourth-order valence-corrected chi connectivity index (χ4v) is 1.25. The van der Waals surface area contributed by atoms with Crippen molar-refractivity contribution in [2.75, 3.05) is 0 Å². The number of benzene rings is 1. The van der Waals surface area contributed by atoms with Crippen molar-refractivity contribution >= 4 is 23.5 Å². The van der Waals surface area contributed by atoms with E-state index in [1.807, 2.05) is 36.4 Å². The Morgan fingerprint density at radius 3 is 2.60 bits per heavy atom. The molecule has 0 saturated carbocycles. The van der Waals surface area contributed by atoms with Gasteiger partial charge in [0.05, 0.1) is 5.69 Å². The molecule has 0 spiro atoms. The lowest BCUT2D eigenvalue weighted by molar-refractivity contribution is 1.32. The van der Waals surface area contributed by atoms with Crippen LogP contribution in [0, 0.1) is 0 Å². The first-order valence-corrected chi connectivity index (χ1v) is 4.92. The zero-order valence-electron chi connectivity index (χ0n) is 7.97. The van der Waals surface area contributed by atoms with Crippen LogP contribution in [-0.2, 0) is 0 Å². The Kier molecular flexibility index (Phi) is 3.10. The summed E-state index contributed by atoms with van der Waals surface area (Å²) >= 11 is 5.77. The fraction of sp³-hybridized carbons (Fsp3) is 0. The molecule has 0 saturated heterocycles. The summed E-state index contributed by atoms with van der Waals surface area (Å²) < 4.78 is 0. The van der Waals surface area contributed by atoms with E-state index in [2.05, 4.69) is 9.98 Å². The number of rotatable bonds is 2. The molecule has 74 valence electrons. The number of aliphatic imine (C=N–C) groups is 1. The summed E-state index contributed by atoms with van der Waals surface area (Å²) in [5.41, 5.74) is 1.86. The molecule has 0 aliphatic carbocycles. The molecule has 1 aromatic carbocycles. The van der Waals surface area contributed by atoms with Crippen molar-refractivity contribution in [3.8, 4) is 0 Å². The maximum Gasteiger partial charge on any atom is 0.0630 e. The van der Waals surface area contributed by atoms with E-state index in [1.54, 1.807) is 18.6 Å². The zero-order chi connectivity index (χ0) is 10.5. The van der Waals surface area contributed by atoms with Crippen molar-refractivity contribution in [1.29, 1.82) is 0 Å². The number of halogens is 1. The van der Waals surface area contributed by atoms with Gasteiger partial charge < -0.3 is 0 Å². The molecular weight excluding hydrogens is 208 g/mol. The Hall–Kier alpha value is -1.67. The van der Waals surface area contributed by atoms with Gasteiger partial charge in [0.15, 0.2) is 0 Å². The molecule has 2 aromatic rings. The molecule has 1 aromatic heterocycles. The fourth-order valence-electron chi connectivity index (χ4n) is 1.13. The van der Waals surface area contributed by atoms with Crippen molar-refractivity contribution in [3.63, 3.8) is 0 Å².